The lowest BCUT2D eigenvalue weighted by molar-refractivity contribution is 0.0737. The number of fused-ring (bicyclic) bond motifs is 3. The molecule has 3 nitrogen and oxygen atoms in total. The van der Waals surface area contributed by atoms with Gasteiger partial charge in [0.1, 0.15) is 5.75 Å². The van der Waals surface area contributed by atoms with Crippen molar-refractivity contribution in [3.63, 3.8) is 0 Å². The second-order valence-electron chi connectivity index (χ2n) is 5.36. The first-order valence-corrected chi connectivity index (χ1v) is 7.85. The third kappa shape index (κ3) is 2.49. The summed E-state index contributed by atoms with van der Waals surface area (Å²) in [6.45, 7) is 0. The average molecular weight is 334 g/mol. The highest BCUT2D eigenvalue weighted by atomic mass is 35.5. The molecule has 24 heavy (non-hydrogen) atoms. The van der Waals surface area contributed by atoms with Crippen LogP contribution in [0.3, 0.4) is 0 Å². The van der Waals surface area contributed by atoms with Crippen LogP contribution in [-0.2, 0) is 0 Å². The summed E-state index contributed by atoms with van der Waals surface area (Å²) in [4.78, 5) is 16.9. The number of carbonyl (C=O) groups is 1. The highest BCUT2D eigenvalue weighted by molar-refractivity contribution is 6.33. The van der Waals surface area contributed by atoms with Gasteiger partial charge in [-0.15, -0.1) is 0 Å². The average Bonchev–Trinajstić information content (AvgIpc) is 2.62. The molecule has 0 unspecified atom stereocenters. The molecule has 0 amide bonds. The molecule has 0 radical (unpaired) electrons. The van der Waals surface area contributed by atoms with E-state index in [2.05, 4.69) is 4.98 Å². The van der Waals surface area contributed by atoms with Crippen molar-refractivity contribution in [2.75, 3.05) is 0 Å². The molecule has 0 fully saturated rings. The van der Waals surface area contributed by atoms with E-state index in [0.29, 0.717) is 16.3 Å². The Hall–Kier alpha value is -2.91. The summed E-state index contributed by atoms with van der Waals surface area (Å²) in [7, 11) is 0. The molecule has 0 N–H and O–H groups in total. The quantitative estimate of drug-likeness (QED) is 0.285. The number of hydrogen-bond donors (Lipinski definition) is 0. The summed E-state index contributed by atoms with van der Waals surface area (Å²) >= 11 is 6.09. The van der Waals surface area contributed by atoms with E-state index in [1.165, 1.54) is 0 Å². The molecular weight excluding hydrogens is 322 g/mol. The van der Waals surface area contributed by atoms with E-state index in [4.69, 9.17) is 16.3 Å². The molecule has 0 bridgehead atoms. The van der Waals surface area contributed by atoms with Gasteiger partial charge in [0.2, 0.25) is 0 Å². The third-order valence-electron chi connectivity index (χ3n) is 3.87. The summed E-state index contributed by atoms with van der Waals surface area (Å²) in [5.74, 6) is -0.0113. The fourth-order valence-electron chi connectivity index (χ4n) is 2.75. The predicted octanol–water partition coefficient (Wildman–Crippen LogP) is 5.26. The first-order valence-electron chi connectivity index (χ1n) is 7.47. The van der Waals surface area contributed by atoms with Crippen LogP contribution in [0, 0.1) is 0 Å². The highest BCUT2D eigenvalue weighted by Gasteiger charge is 2.15. The standard InChI is InChI=1S/C20H12ClNO2/c21-16-8-2-1-7-15(16)20(23)24-17-9-3-5-13-10-11-14-6-4-12-22-19(14)18(13)17/h1-12H. The van der Waals surface area contributed by atoms with E-state index in [-0.39, 0.29) is 0 Å². The van der Waals surface area contributed by atoms with Crippen LogP contribution in [0.25, 0.3) is 21.7 Å². The van der Waals surface area contributed by atoms with Gasteiger partial charge >= 0.3 is 5.97 Å². The molecule has 3 aromatic carbocycles. The number of pyridine rings is 1. The Bertz CT molecular complexity index is 1080. The Morgan fingerprint density at radius 3 is 2.54 bits per heavy atom. The van der Waals surface area contributed by atoms with E-state index in [1.54, 1.807) is 36.5 Å². The normalized spacial score (nSPS) is 10.9. The lowest BCUT2D eigenvalue weighted by Crippen LogP contribution is -2.09. The fraction of sp³-hybridized carbons (Fsp3) is 0. The topological polar surface area (TPSA) is 39.2 Å². The van der Waals surface area contributed by atoms with Crippen LogP contribution in [0.4, 0.5) is 0 Å². The van der Waals surface area contributed by atoms with Gasteiger partial charge in [-0.3, -0.25) is 4.98 Å². The zero-order valence-corrected chi connectivity index (χ0v) is 13.3. The maximum atomic E-state index is 12.5. The number of ether oxygens (including phenoxy) is 1. The molecule has 4 heteroatoms. The Kier molecular flexibility index (Phi) is 3.63. The molecule has 4 aromatic rings. The van der Waals surface area contributed by atoms with Gasteiger partial charge in [0.25, 0.3) is 0 Å². The summed E-state index contributed by atoms with van der Waals surface area (Å²) in [5, 5.41) is 3.14. The Morgan fingerprint density at radius 2 is 1.67 bits per heavy atom. The van der Waals surface area contributed by atoms with Crippen molar-refractivity contribution >= 4 is 39.2 Å². The maximum Gasteiger partial charge on any atom is 0.345 e. The van der Waals surface area contributed by atoms with E-state index >= 15 is 0 Å². The fourth-order valence-corrected chi connectivity index (χ4v) is 2.96. The van der Waals surface area contributed by atoms with Gasteiger partial charge in [0.15, 0.2) is 0 Å². The number of nitrogens with zero attached hydrogens (tertiary/aromatic N) is 1. The van der Waals surface area contributed by atoms with Gasteiger partial charge in [-0.05, 0) is 29.7 Å². The first kappa shape index (κ1) is 14.7. The predicted molar refractivity (Wildman–Crippen MR) is 95.7 cm³/mol. The number of carbonyl (C=O) groups excluding carboxylic acids is 1. The second-order valence-corrected chi connectivity index (χ2v) is 5.77. The van der Waals surface area contributed by atoms with E-state index in [9.17, 15) is 4.79 Å². The number of aromatic nitrogens is 1. The van der Waals surface area contributed by atoms with Crippen LogP contribution in [0.1, 0.15) is 10.4 Å². The highest BCUT2D eigenvalue weighted by Crippen LogP contribution is 2.32. The van der Waals surface area contributed by atoms with Crippen molar-refractivity contribution in [3.05, 3.63) is 83.5 Å². The third-order valence-corrected chi connectivity index (χ3v) is 4.20. The van der Waals surface area contributed by atoms with Crippen molar-refractivity contribution in [1.82, 2.24) is 4.98 Å². The molecule has 116 valence electrons. The van der Waals surface area contributed by atoms with Crippen molar-refractivity contribution in [1.29, 1.82) is 0 Å². The number of halogens is 1. The SMILES string of the molecule is O=C(Oc1cccc2ccc3cccnc3c12)c1ccccc1Cl. The molecule has 0 atom stereocenters. The number of hydrogen-bond acceptors (Lipinski definition) is 3. The maximum absolute atomic E-state index is 12.5. The monoisotopic (exact) mass is 333 g/mol. The summed E-state index contributed by atoms with van der Waals surface area (Å²) in [5.41, 5.74) is 1.14. The molecule has 1 aromatic heterocycles. The van der Waals surface area contributed by atoms with Gasteiger partial charge < -0.3 is 4.74 Å². The Balaban J connectivity index is 1.86. The van der Waals surface area contributed by atoms with Gasteiger partial charge in [-0.2, -0.15) is 0 Å². The lowest BCUT2D eigenvalue weighted by Gasteiger charge is -2.10. The molecule has 0 aliphatic heterocycles. The molecule has 0 aliphatic carbocycles. The number of rotatable bonds is 2. The van der Waals surface area contributed by atoms with E-state index in [0.717, 1.165) is 21.7 Å². The smallest absolute Gasteiger partial charge is 0.345 e. The van der Waals surface area contributed by atoms with Crippen LogP contribution < -0.4 is 4.74 Å². The molecule has 0 saturated carbocycles. The van der Waals surface area contributed by atoms with Crippen LogP contribution in [0.2, 0.25) is 5.02 Å². The van der Waals surface area contributed by atoms with Crippen molar-refractivity contribution < 1.29 is 9.53 Å². The Morgan fingerprint density at radius 1 is 0.875 bits per heavy atom. The minimum atomic E-state index is -0.485. The van der Waals surface area contributed by atoms with E-state index in [1.807, 2.05) is 36.4 Å². The van der Waals surface area contributed by atoms with Gasteiger partial charge in [-0.25, -0.2) is 4.79 Å². The van der Waals surface area contributed by atoms with Crippen molar-refractivity contribution in [2.24, 2.45) is 0 Å². The molecular formula is C20H12ClNO2. The molecule has 0 saturated heterocycles. The van der Waals surface area contributed by atoms with Gasteiger partial charge in [0, 0.05) is 11.6 Å². The molecule has 0 spiro atoms. The summed E-state index contributed by atoms with van der Waals surface area (Å²) in [6, 6.07) is 20.3. The van der Waals surface area contributed by atoms with Gasteiger partial charge in [0.05, 0.1) is 21.5 Å². The van der Waals surface area contributed by atoms with Crippen molar-refractivity contribution in [2.45, 2.75) is 0 Å². The van der Waals surface area contributed by atoms with Gasteiger partial charge in [-0.1, -0.05) is 54.1 Å². The van der Waals surface area contributed by atoms with Crippen LogP contribution in [-0.4, -0.2) is 11.0 Å². The zero-order chi connectivity index (χ0) is 16.5. The molecule has 4 rings (SSSR count). The minimum Gasteiger partial charge on any atom is -0.422 e. The first-order chi connectivity index (χ1) is 11.7. The summed E-state index contributed by atoms with van der Waals surface area (Å²) < 4.78 is 5.64. The largest absolute Gasteiger partial charge is 0.422 e. The van der Waals surface area contributed by atoms with Crippen LogP contribution in [0.5, 0.6) is 5.75 Å². The summed E-state index contributed by atoms with van der Waals surface area (Å²) in [6.07, 6.45) is 1.73. The van der Waals surface area contributed by atoms with Crippen LogP contribution in [0.15, 0.2) is 72.9 Å². The lowest BCUT2D eigenvalue weighted by atomic mass is 10.1. The molecule has 0 aliphatic rings. The zero-order valence-electron chi connectivity index (χ0n) is 12.6. The van der Waals surface area contributed by atoms with Crippen LogP contribution >= 0.6 is 11.6 Å². The molecule has 1 heterocycles. The second kappa shape index (κ2) is 5.95. The minimum absolute atomic E-state index is 0.337. The van der Waals surface area contributed by atoms with E-state index < -0.39 is 5.97 Å². The van der Waals surface area contributed by atoms with Crippen molar-refractivity contribution in [3.8, 4) is 5.75 Å². The Labute approximate surface area is 143 Å². The number of benzene rings is 3. The number of esters is 1.